The Hall–Kier alpha value is -2.66. The smallest absolute Gasteiger partial charge is 0.433 e. The van der Waals surface area contributed by atoms with E-state index in [4.69, 9.17) is 23.2 Å². The van der Waals surface area contributed by atoms with Gasteiger partial charge in [-0.05, 0) is 56.8 Å². The zero-order valence-electron chi connectivity index (χ0n) is 22.2. The average molecular weight is 603 g/mol. The van der Waals surface area contributed by atoms with E-state index in [1.54, 1.807) is 0 Å². The Morgan fingerprint density at radius 2 is 1.60 bits per heavy atom. The van der Waals surface area contributed by atoms with Crippen molar-refractivity contribution in [2.24, 2.45) is 11.3 Å². The van der Waals surface area contributed by atoms with E-state index in [1.807, 2.05) is 0 Å². The lowest BCUT2D eigenvalue weighted by molar-refractivity contribution is -0.147. The van der Waals surface area contributed by atoms with Crippen molar-refractivity contribution in [2.45, 2.75) is 83.5 Å². The van der Waals surface area contributed by atoms with Crippen LogP contribution in [0.25, 0.3) is 0 Å². The number of amides is 1. The highest BCUT2D eigenvalue weighted by Crippen LogP contribution is 2.41. The summed E-state index contributed by atoms with van der Waals surface area (Å²) in [5.74, 6) is -3.15. The fraction of sp³-hybridized carbons (Fsp3) is 0.593. The van der Waals surface area contributed by atoms with E-state index >= 15 is 0 Å². The number of nitrogens with zero attached hydrogens (tertiary/aromatic N) is 4. The lowest BCUT2D eigenvalue weighted by Crippen LogP contribution is -2.46. The second kappa shape index (κ2) is 11.7. The van der Waals surface area contributed by atoms with Crippen LogP contribution in [0.15, 0.2) is 18.6 Å². The van der Waals surface area contributed by atoms with E-state index in [-0.39, 0.29) is 46.7 Å². The van der Waals surface area contributed by atoms with Gasteiger partial charge in [-0.1, -0.05) is 37.0 Å². The first-order chi connectivity index (χ1) is 18.7. The van der Waals surface area contributed by atoms with Gasteiger partial charge in [0.05, 0.1) is 45.9 Å². The van der Waals surface area contributed by atoms with Gasteiger partial charge >= 0.3 is 12.1 Å². The largest absolute Gasteiger partial charge is 0.481 e. The summed E-state index contributed by atoms with van der Waals surface area (Å²) in [7, 11) is 0. The van der Waals surface area contributed by atoms with Gasteiger partial charge in [-0.25, -0.2) is 0 Å². The van der Waals surface area contributed by atoms with Crippen LogP contribution in [0.3, 0.4) is 0 Å². The molecule has 0 unspecified atom stereocenters. The van der Waals surface area contributed by atoms with Gasteiger partial charge in [0, 0.05) is 18.4 Å². The van der Waals surface area contributed by atoms with Crippen molar-refractivity contribution in [3.63, 3.8) is 0 Å². The SMILES string of the molecule is CC1(C)CCC(N(CC(=O)c2c(Cl)cncc2Cl)C(=O)c2cnn(C3CCC(C(=O)O)CC3)c2C(F)(F)F)CC1. The number of aliphatic carboxylic acids is 1. The Morgan fingerprint density at radius 1 is 1.02 bits per heavy atom. The summed E-state index contributed by atoms with van der Waals surface area (Å²) in [5.41, 5.74) is -1.87. The summed E-state index contributed by atoms with van der Waals surface area (Å²) in [4.78, 5) is 43.6. The number of ketones is 1. The number of halogens is 5. The number of carbonyl (C=O) groups is 3. The summed E-state index contributed by atoms with van der Waals surface area (Å²) in [6, 6.07) is -1.17. The molecule has 0 atom stereocenters. The zero-order valence-corrected chi connectivity index (χ0v) is 23.7. The number of aromatic nitrogens is 3. The number of carbonyl (C=O) groups excluding carboxylic acids is 2. The molecule has 40 heavy (non-hydrogen) atoms. The fourth-order valence-electron chi connectivity index (χ4n) is 5.77. The molecule has 0 bridgehead atoms. The number of hydrogen-bond donors (Lipinski definition) is 1. The van der Waals surface area contributed by atoms with Gasteiger partial charge in [0.15, 0.2) is 11.5 Å². The lowest BCUT2D eigenvalue weighted by Gasteiger charge is -2.40. The molecule has 2 aromatic heterocycles. The molecule has 0 aromatic carbocycles. The molecular weight excluding hydrogens is 572 g/mol. The van der Waals surface area contributed by atoms with Crippen LogP contribution in [-0.4, -0.2) is 55.0 Å². The quantitative estimate of drug-likeness (QED) is 0.353. The third-order valence-electron chi connectivity index (χ3n) is 8.14. The molecule has 218 valence electrons. The van der Waals surface area contributed by atoms with Gasteiger partial charge in [-0.15, -0.1) is 0 Å². The van der Waals surface area contributed by atoms with Crippen LogP contribution < -0.4 is 0 Å². The van der Waals surface area contributed by atoms with Gasteiger partial charge < -0.3 is 10.0 Å². The minimum Gasteiger partial charge on any atom is -0.481 e. The van der Waals surface area contributed by atoms with Gasteiger partial charge in [0.25, 0.3) is 5.91 Å². The van der Waals surface area contributed by atoms with Crippen molar-refractivity contribution in [1.29, 1.82) is 0 Å². The lowest BCUT2D eigenvalue weighted by atomic mass is 9.75. The molecule has 0 spiro atoms. The van der Waals surface area contributed by atoms with Crippen LogP contribution in [0.2, 0.25) is 10.0 Å². The van der Waals surface area contributed by atoms with Crippen molar-refractivity contribution in [3.05, 3.63) is 45.5 Å². The molecule has 0 saturated heterocycles. The summed E-state index contributed by atoms with van der Waals surface area (Å²) < 4.78 is 44.2. The maximum absolute atomic E-state index is 14.5. The highest BCUT2D eigenvalue weighted by Gasteiger charge is 2.44. The normalized spacial score (nSPS) is 21.7. The maximum Gasteiger partial charge on any atom is 0.433 e. The van der Waals surface area contributed by atoms with Crippen LogP contribution in [-0.2, 0) is 11.0 Å². The Bertz CT molecular complexity index is 1260. The van der Waals surface area contributed by atoms with Crippen molar-refractivity contribution in [2.75, 3.05) is 6.54 Å². The molecule has 2 heterocycles. The number of rotatable bonds is 7. The molecule has 2 aliphatic rings. The predicted molar refractivity (Wildman–Crippen MR) is 142 cm³/mol. The Kier molecular flexibility index (Phi) is 8.85. The third-order valence-corrected chi connectivity index (χ3v) is 8.72. The van der Waals surface area contributed by atoms with Crippen molar-refractivity contribution >= 4 is 40.9 Å². The number of alkyl halides is 3. The predicted octanol–water partition coefficient (Wildman–Crippen LogP) is 6.71. The van der Waals surface area contributed by atoms with Crippen molar-refractivity contribution in [3.8, 4) is 0 Å². The fourth-order valence-corrected chi connectivity index (χ4v) is 6.35. The molecule has 0 aliphatic heterocycles. The Morgan fingerprint density at radius 3 is 2.12 bits per heavy atom. The first-order valence-corrected chi connectivity index (χ1v) is 14.0. The molecule has 1 amide bonds. The van der Waals surface area contributed by atoms with E-state index in [0.29, 0.717) is 12.8 Å². The molecule has 13 heteroatoms. The summed E-state index contributed by atoms with van der Waals surface area (Å²) >= 11 is 12.3. The van der Waals surface area contributed by atoms with Crippen LogP contribution in [0.1, 0.15) is 97.7 Å². The van der Waals surface area contributed by atoms with E-state index in [1.165, 1.54) is 17.3 Å². The average Bonchev–Trinajstić information content (AvgIpc) is 3.33. The summed E-state index contributed by atoms with van der Waals surface area (Å²) in [6.07, 6.45) is 1.76. The third kappa shape index (κ3) is 6.46. The van der Waals surface area contributed by atoms with Gasteiger partial charge in [-0.2, -0.15) is 18.3 Å². The van der Waals surface area contributed by atoms with Crippen molar-refractivity contribution < 1.29 is 32.7 Å². The molecule has 2 fully saturated rings. The number of pyridine rings is 1. The highest BCUT2D eigenvalue weighted by atomic mass is 35.5. The van der Waals surface area contributed by atoms with Crippen LogP contribution >= 0.6 is 23.2 Å². The monoisotopic (exact) mass is 602 g/mol. The standard InChI is InChI=1S/C27H31Cl2F3N4O4/c1-26(2)9-7-16(8-10-26)35(14-21(37)22-19(28)12-33-13-20(22)29)24(38)18-11-34-36(23(18)27(30,31)32)17-5-3-15(4-6-17)25(39)40/h11-13,15-17H,3-10,14H2,1-2H3,(H,39,40). The highest BCUT2D eigenvalue weighted by molar-refractivity contribution is 6.39. The number of carboxylic acid groups (broad SMARTS) is 1. The second-order valence-corrected chi connectivity index (χ2v) is 12.2. The minimum absolute atomic E-state index is 0.00372. The zero-order chi connectivity index (χ0) is 29.4. The van der Waals surface area contributed by atoms with Gasteiger partial charge in [0.2, 0.25) is 0 Å². The van der Waals surface area contributed by atoms with Crippen LogP contribution in [0.4, 0.5) is 13.2 Å². The molecular formula is C27H31Cl2F3N4O4. The molecule has 8 nitrogen and oxygen atoms in total. The molecule has 1 N–H and O–H groups in total. The van der Waals surface area contributed by atoms with E-state index in [9.17, 15) is 32.7 Å². The molecule has 2 aromatic rings. The van der Waals surface area contributed by atoms with Gasteiger partial charge in [-0.3, -0.25) is 24.0 Å². The first kappa shape index (κ1) is 30.3. The van der Waals surface area contributed by atoms with E-state index < -0.39 is 59.6 Å². The number of carboxylic acids is 1. The molecule has 4 rings (SSSR count). The summed E-state index contributed by atoms with van der Waals surface area (Å²) in [5, 5.41) is 13.2. The minimum atomic E-state index is -4.91. The van der Waals surface area contributed by atoms with Crippen molar-refractivity contribution in [1.82, 2.24) is 19.7 Å². The Balaban J connectivity index is 1.69. The number of Topliss-reactive ketones (excluding diaryl/α,β-unsaturated/α-hetero) is 1. The van der Waals surface area contributed by atoms with E-state index in [2.05, 4.69) is 23.9 Å². The maximum atomic E-state index is 14.5. The second-order valence-electron chi connectivity index (χ2n) is 11.4. The van der Waals surface area contributed by atoms with Crippen LogP contribution in [0.5, 0.6) is 0 Å². The Labute approximate surface area is 239 Å². The molecule has 2 aliphatic carbocycles. The number of hydrogen-bond acceptors (Lipinski definition) is 5. The first-order valence-electron chi connectivity index (χ1n) is 13.2. The van der Waals surface area contributed by atoms with Gasteiger partial charge in [0.1, 0.15) is 0 Å². The molecule has 0 radical (unpaired) electrons. The van der Waals surface area contributed by atoms with E-state index in [0.717, 1.165) is 23.7 Å². The summed E-state index contributed by atoms with van der Waals surface area (Å²) in [6.45, 7) is 3.66. The van der Waals surface area contributed by atoms with Crippen LogP contribution in [0, 0.1) is 11.3 Å². The topological polar surface area (TPSA) is 105 Å². The molecule has 2 saturated carbocycles.